The minimum atomic E-state index is -4.59. The van der Waals surface area contributed by atoms with Crippen molar-refractivity contribution in [3.05, 3.63) is 58.4 Å². The Morgan fingerprint density at radius 1 is 1.13 bits per heavy atom. The molecule has 0 radical (unpaired) electrons. The second-order valence-electron chi connectivity index (χ2n) is 6.30. The van der Waals surface area contributed by atoms with E-state index < -0.39 is 17.6 Å². The summed E-state index contributed by atoms with van der Waals surface area (Å²) < 4.78 is 39.2. The molecule has 5 nitrogen and oxygen atoms in total. The number of aromatic nitrogens is 1. The molecule has 1 N–H and O–H groups in total. The quantitative estimate of drug-likeness (QED) is 0.552. The molecule has 2 amide bonds. The fraction of sp³-hybridized carbons (Fsp3) is 0.250. The van der Waals surface area contributed by atoms with Crippen molar-refractivity contribution >= 4 is 40.2 Å². The summed E-state index contributed by atoms with van der Waals surface area (Å²) in [4.78, 5) is 31.6. The molecule has 30 heavy (non-hydrogen) atoms. The van der Waals surface area contributed by atoms with E-state index in [1.807, 2.05) is 17.5 Å². The number of anilines is 1. The van der Waals surface area contributed by atoms with Crippen LogP contribution in [0.4, 0.5) is 18.9 Å². The number of carbonyl (C=O) groups excluding carboxylic acids is 2. The van der Waals surface area contributed by atoms with Gasteiger partial charge in [0.2, 0.25) is 11.8 Å². The number of nitrogens with zero attached hydrogens (tertiary/aromatic N) is 2. The smallest absolute Gasteiger partial charge is 0.333 e. The van der Waals surface area contributed by atoms with Crippen molar-refractivity contribution in [3.63, 3.8) is 0 Å². The molecule has 1 aromatic carbocycles. The number of hydrogen-bond donors (Lipinski definition) is 1. The molecule has 0 atom stereocenters. The van der Waals surface area contributed by atoms with Crippen molar-refractivity contribution in [3.8, 4) is 9.88 Å². The number of rotatable bonds is 7. The van der Waals surface area contributed by atoms with Gasteiger partial charge in [0.1, 0.15) is 5.01 Å². The average Bonchev–Trinajstić information content (AvgIpc) is 3.37. The summed E-state index contributed by atoms with van der Waals surface area (Å²) in [6.07, 6.45) is -4.57. The van der Waals surface area contributed by atoms with Gasteiger partial charge in [-0.05, 0) is 30.5 Å². The zero-order chi connectivity index (χ0) is 21.7. The van der Waals surface area contributed by atoms with Crippen LogP contribution in [0.3, 0.4) is 0 Å². The molecular formula is C20H18F3N3O2S2. The second kappa shape index (κ2) is 9.40. The van der Waals surface area contributed by atoms with E-state index in [1.165, 1.54) is 34.4 Å². The Labute approximate surface area is 179 Å². The molecule has 0 saturated heterocycles. The highest BCUT2D eigenvalue weighted by Crippen LogP contribution is 2.34. The number of thiophene rings is 1. The van der Waals surface area contributed by atoms with Gasteiger partial charge in [0.15, 0.2) is 0 Å². The van der Waals surface area contributed by atoms with E-state index in [0.717, 1.165) is 16.0 Å². The monoisotopic (exact) mass is 453 g/mol. The Kier molecular flexibility index (Phi) is 6.88. The molecule has 0 fully saturated rings. The fourth-order valence-corrected chi connectivity index (χ4v) is 4.38. The van der Waals surface area contributed by atoms with E-state index in [2.05, 4.69) is 10.3 Å². The van der Waals surface area contributed by atoms with Crippen molar-refractivity contribution in [1.29, 1.82) is 0 Å². The molecule has 2 aromatic heterocycles. The molecule has 10 heteroatoms. The molecule has 0 spiro atoms. The topological polar surface area (TPSA) is 62.3 Å². The van der Waals surface area contributed by atoms with Gasteiger partial charge in [-0.15, -0.1) is 22.7 Å². The third-order valence-corrected chi connectivity index (χ3v) is 6.12. The maximum Gasteiger partial charge on any atom is 0.418 e. The number of carbonyl (C=O) groups is 2. The van der Waals surface area contributed by atoms with Crippen molar-refractivity contribution in [2.45, 2.75) is 19.5 Å². The summed E-state index contributed by atoms with van der Waals surface area (Å²) >= 11 is 2.98. The minimum absolute atomic E-state index is 0.0160. The van der Waals surface area contributed by atoms with Crippen LogP contribution in [0.15, 0.2) is 47.2 Å². The van der Waals surface area contributed by atoms with E-state index in [-0.39, 0.29) is 31.1 Å². The van der Waals surface area contributed by atoms with Gasteiger partial charge in [0, 0.05) is 11.9 Å². The molecule has 3 aromatic rings. The molecule has 0 bridgehead atoms. The Bertz CT molecular complexity index is 1020. The predicted octanol–water partition coefficient (Wildman–Crippen LogP) is 4.92. The van der Waals surface area contributed by atoms with Gasteiger partial charge < -0.3 is 10.2 Å². The SMILES string of the molecule is CCN(CC(=O)Nc1ccccc1C(F)(F)F)C(=O)Cc1csc(-c2cccs2)n1. The van der Waals surface area contributed by atoms with Gasteiger partial charge in [-0.3, -0.25) is 9.59 Å². The highest BCUT2D eigenvalue weighted by molar-refractivity contribution is 7.20. The number of benzene rings is 1. The van der Waals surface area contributed by atoms with Gasteiger partial charge in [-0.1, -0.05) is 18.2 Å². The van der Waals surface area contributed by atoms with Crippen LogP contribution in [-0.2, 0) is 22.2 Å². The molecule has 158 valence electrons. The summed E-state index contributed by atoms with van der Waals surface area (Å²) in [6, 6.07) is 8.59. The summed E-state index contributed by atoms with van der Waals surface area (Å²) in [5.41, 5.74) is -0.676. The predicted molar refractivity (Wildman–Crippen MR) is 111 cm³/mol. The molecule has 0 aliphatic rings. The number of alkyl halides is 3. The first-order valence-corrected chi connectivity index (χ1v) is 10.8. The maximum absolute atomic E-state index is 13.1. The number of amides is 2. The fourth-order valence-electron chi connectivity index (χ4n) is 2.75. The molecule has 3 rings (SSSR count). The summed E-state index contributed by atoms with van der Waals surface area (Å²) in [7, 11) is 0. The summed E-state index contributed by atoms with van der Waals surface area (Å²) in [6.45, 7) is 1.60. The van der Waals surface area contributed by atoms with Crippen LogP contribution in [-0.4, -0.2) is 34.8 Å². The largest absolute Gasteiger partial charge is 0.418 e. The van der Waals surface area contributed by atoms with Crippen LogP contribution < -0.4 is 5.32 Å². The number of halogens is 3. The lowest BCUT2D eigenvalue weighted by atomic mass is 10.1. The van der Waals surface area contributed by atoms with Crippen LogP contribution in [0, 0.1) is 0 Å². The Balaban J connectivity index is 1.62. The molecular weight excluding hydrogens is 435 g/mol. The third-order valence-electron chi connectivity index (χ3n) is 4.19. The van der Waals surface area contributed by atoms with Crippen LogP contribution in [0.5, 0.6) is 0 Å². The van der Waals surface area contributed by atoms with Crippen molar-refractivity contribution in [1.82, 2.24) is 9.88 Å². The molecule has 0 aliphatic heterocycles. The average molecular weight is 454 g/mol. The summed E-state index contributed by atoms with van der Waals surface area (Å²) in [5, 5.41) is 6.81. The first-order valence-electron chi connectivity index (χ1n) is 9.00. The zero-order valence-electron chi connectivity index (χ0n) is 15.9. The zero-order valence-corrected chi connectivity index (χ0v) is 17.5. The molecule has 2 heterocycles. The number of hydrogen-bond acceptors (Lipinski definition) is 5. The van der Waals surface area contributed by atoms with Crippen molar-refractivity contribution < 1.29 is 22.8 Å². The highest BCUT2D eigenvalue weighted by atomic mass is 32.1. The number of para-hydroxylation sites is 1. The highest BCUT2D eigenvalue weighted by Gasteiger charge is 2.33. The van der Waals surface area contributed by atoms with E-state index in [0.29, 0.717) is 5.69 Å². The lowest BCUT2D eigenvalue weighted by molar-refractivity contribution is -0.137. The second-order valence-corrected chi connectivity index (χ2v) is 8.10. The number of thiazole rings is 1. The first kappa shape index (κ1) is 22.0. The normalized spacial score (nSPS) is 11.3. The Morgan fingerprint density at radius 3 is 2.57 bits per heavy atom. The van der Waals surface area contributed by atoms with Gasteiger partial charge in [-0.25, -0.2) is 4.98 Å². The number of likely N-dealkylation sites (N-methyl/N-ethyl adjacent to an activating group) is 1. The molecule has 0 saturated carbocycles. The van der Waals surface area contributed by atoms with E-state index in [4.69, 9.17) is 0 Å². The van der Waals surface area contributed by atoms with Crippen molar-refractivity contribution in [2.24, 2.45) is 0 Å². The Morgan fingerprint density at radius 2 is 1.90 bits per heavy atom. The van der Waals surface area contributed by atoms with E-state index >= 15 is 0 Å². The van der Waals surface area contributed by atoms with Crippen LogP contribution in [0.2, 0.25) is 0 Å². The molecule has 0 unspecified atom stereocenters. The lowest BCUT2D eigenvalue weighted by Gasteiger charge is -2.21. The van der Waals surface area contributed by atoms with Crippen LogP contribution in [0.1, 0.15) is 18.2 Å². The van der Waals surface area contributed by atoms with Crippen LogP contribution >= 0.6 is 22.7 Å². The van der Waals surface area contributed by atoms with Crippen molar-refractivity contribution in [2.75, 3.05) is 18.4 Å². The Hall–Kier alpha value is -2.72. The first-order chi connectivity index (χ1) is 14.3. The van der Waals surface area contributed by atoms with E-state index in [1.54, 1.807) is 23.6 Å². The number of nitrogens with one attached hydrogen (secondary N) is 1. The standard InChI is InChI=1S/C20H18F3N3O2S2/c1-2-26(11-17(27)25-15-7-4-3-6-14(15)20(21,22)23)18(28)10-13-12-30-19(24-13)16-8-5-9-29-16/h3-9,12H,2,10-11H2,1H3,(H,25,27). The van der Waals surface area contributed by atoms with Gasteiger partial charge in [0.05, 0.1) is 34.8 Å². The van der Waals surface area contributed by atoms with Gasteiger partial charge in [0.25, 0.3) is 0 Å². The van der Waals surface area contributed by atoms with Gasteiger partial charge in [-0.2, -0.15) is 13.2 Å². The maximum atomic E-state index is 13.1. The molecule has 0 aliphatic carbocycles. The lowest BCUT2D eigenvalue weighted by Crippen LogP contribution is -2.39. The van der Waals surface area contributed by atoms with Crippen LogP contribution in [0.25, 0.3) is 9.88 Å². The summed E-state index contributed by atoms with van der Waals surface area (Å²) in [5.74, 6) is -1.01. The third kappa shape index (κ3) is 5.45. The minimum Gasteiger partial charge on any atom is -0.333 e. The van der Waals surface area contributed by atoms with E-state index in [9.17, 15) is 22.8 Å². The van der Waals surface area contributed by atoms with Gasteiger partial charge >= 0.3 is 6.18 Å².